The SMILES string of the molecule is CCCCCCCCCCCCCCCC(NC(=O)OCCCN1CC(=O)N(CCOCc2ccccc2)C1=O)C(C)OC. The van der Waals surface area contributed by atoms with E-state index >= 15 is 0 Å². The number of hydrogen-bond donors (Lipinski definition) is 1. The number of amides is 4. The van der Waals surface area contributed by atoms with Crippen LogP contribution in [0.2, 0.25) is 0 Å². The lowest BCUT2D eigenvalue weighted by molar-refractivity contribution is -0.125. The highest BCUT2D eigenvalue weighted by Gasteiger charge is 2.35. The van der Waals surface area contributed by atoms with Gasteiger partial charge in [-0.1, -0.05) is 121 Å². The first-order chi connectivity index (χ1) is 21.5. The lowest BCUT2D eigenvalue weighted by Gasteiger charge is -2.24. The molecule has 1 saturated heterocycles. The second-order valence-electron chi connectivity index (χ2n) is 12.0. The van der Waals surface area contributed by atoms with Crippen LogP contribution in [0.1, 0.15) is 116 Å². The molecule has 9 nitrogen and oxygen atoms in total. The second kappa shape index (κ2) is 23.7. The Morgan fingerprint density at radius 2 is 1.45 bits per heavy atom. The number of nitrogens with one attached hydrogen (secondary N) is 1. The molecule has 0 spiro atoms. The number of urea groups is 1. The third-order valence-corrected chi connectivity index (χ3v) is 8.37. The van der Waals surface area contributed by atoms with Crippen LogP contribution < -0.4 is 5.32 Å². The van der Waals surface area contributed by atoms with Gasteiger partial charge in [-0.15, -0.1) is 0 Å². The van der Waals surface area contributed by atoms with Gasteiger partial charge < -0.3 is 24.4 Å². The zero-order valence-electron chi connectivity index (χ0n) is 27.7. The molecule has 4 amide bonds. The summed E-state index contributed by atoms with van der Waals surface area (Å²) in [5.41, 5.74) is 1.04. The molecule has 9 heteroatoms. The molecule has 2 unspecified atom stereocenters. The van der Waals surface area contributed by atoms with Crippen molar-refractivity contribution < 1.29 is 28.6 Å². The van der Waals surface area contributed by atoms with E-state index in [1.165, 1.54) is 80.4 Å². The number of imide groups is 1. The maximum absolute atomic E-state index is 12.7. The van der Waals surface area contributed by atoms with E-state index in [1.807, 2.05) is 37.3 Å². The number of carbonyl (C=O) groups excluding carboxylic acids is 3. The van der Waals surface area contributed by atoms with Gasteiger partial charge in [0.2, 0.25) is 5.91 Å². The van der Waals surface area contributed by atoms with Crippen LogP contribution in [0.4, 0.5) is 9.59 Å². The normalized spacial score (nSPS) is 14.7. The molecule has 1 fully saturated rings. The molecule has 250 valence electrons. The van der Waals surface area contributed by atoms with E-state index in [4.69, 9.17) is 14.2 Å². The number of rotatable bonds is 26. The van der Waals surface area contributed by atoms with Gasteiger partial charge in [0.15, 0.2) is 0 Å². The maximum atomic E-state index is 12.7. The number of unbranched alkanes of at least 4 members (excludes halogenated alkanes) is 12. The first-order valence-corrected chi connectivity index (χ1v) is 17.1. The fourth-order valence-electron chi connectivity index (χ4n) is 5.49. The summed E-state index contributed by atoms with van der Waals surface area (Å²) < 4.78 is 16.5. The number of benzene rings is 1. The fraction of sp³-hybridized carbons (Fsp3) is 0.743. The Balaban J connectivity index is 1.53. The van der Waals surface area contributed by atoms with Crippen molar-refractivity contribution in [1.82, 2.24) is 15.1 Å². The molecule has 2 atom stereocenters. The number of methoxy groups -OCH3 is 1. The highest BCUT2D eigenvalue weighted by Crippen LogP contribution is 2.15. The number of nitrogens with zero attached hydrogens (tertiary/aromatic N) is 2. The third-order valence-electron chi connectivity index (χ3n) is 8.37. The Morgan fingerprint density at radius 3 is 2.07 bits per heavy atom. The van der Waals surface area contributed by atoms with Crippen LogP contribution >= 0.6 is 0 Å². The first-order valence-electron chi connectivity index (χ1n) is 17.1. The van der Waals surface area contributed by atoms with Gasteiger partial charge in [0.1, 0.15) is 6.54 Å². The Kier molecular flexibility index (Phi) is 20.2. The minimum atomic E-state index is -0.477. The zero-order valence-corrected chi connectivity index (χ0v) is 27.7. The van der Waals surface area contributed by atoms with Crippen LogP contribution in [-0.2, 0) is 25.6 Å². The summed E-state index contributed by atoms with van der Waals surface area (Å²) in [5.74, 6) is -0.235. The van der Waals surface area contributed by atoms with Crippen molar-refractivity contribution in [2.45, 2.75) is 129 Å². The van der Waals surface area contributed by atoms with E-state index in [0.717, 1.165) is 24.8 Å². The van der Waals surface area contributed by atoms with Crippen molar-refractivity contribution in [3.05, 3.63) is 35.9 Å². The molecule has 0 bridgehead atoms. The molecule has 1 heterocycles. The fourth-order valence-corrected chi connectivity index (χ4v) is 5.49. The van der Waals surface area contributed by atoms with E-state index in [0.29, 0.717) is 19.6 Å². The predicted molar refractivity (Wildman–Crippen MR) is 174 cm³/mol. The molecule has 2 rings (SSSR count). The number of alkyl carbamates (subject to hydrolysis) is 1. The average Bonchev–Trinajstić information content (AvgIpc) is 3.30. The summed E-state index contributed by atoms with van der Waals surface area (Å²) in [6, 6.07) is 9.32. The second-order valence-corrected chi connectivity index (χ2v) is 12.0. The molecule has 0 aromatic heterocycles. The van der Waals surface area contributed by atoms with Gasteiger partial charge >= 0.3 is 12.1 Å². The summed E-state index contributed by atoms with van der Waals surface area (Å²) in [6.07, 6.45) is 17.7. The summed E-state index contributed by atoms with van der Waals surface area (Å²) in [4.78, 5) is 40.2. The largest absolute Gasteiger partial charge is 0.449 e. The quantitative estimate of drug-likeness (QED) is 0.0856. The molecule has 1 aromatic rings. The van der Waals surface area contributed by atoms with E-state index < -0.39 is 6.09 Å². The van der Waals surface area contributed by atoms with Crippen LogP contribution in [0.5, 0.6) is 0 Å². The van der Waals surface area contributed by atoms with Gasteiger partial charge in [-0.25, -0.2) is 9.59 Å². The molecule has 1 N–H and O–H groups in total. The predicted octanol–water partition coefficient (Wildman–Crippen LogP) is 7.47. The van der Waals surface area contributed by atoms with Gasteiger partial charge in [0.25, 0.3) is 0 Å². The Morgan fingerprint density at radius 1 is 0.841 bits per heavy atom. The molecular formula is C35H59N3O6. The van der Waals surface area contributed by atoms with Crippen LogP contribution in [0.3, 0.4) is 0 Å². The highest BCUT2D eigenvalue weighted by atomic mass is 16.5. The van der Waals surface area contributed by atoms with Crippen molar-refractivity contribution in [3.8, 4) is 0 Å². The van der Waals surface area contributed by atoms with Crippen LogP contribution in [0.25, 0.3) is 0 Å². The molecule has 1 aliphatic rings. The average molecular weight is 618 g/mol. The maximum Gasteiger partial charge on any atom is 0.407 e. The summed E-state index contributed by atoms with van der Waals surface area (Å²) >= 11 is 0. The Hall–Kier alpha value is -2.65. The standard InChI is InChI=1S/C35H59N3O6/c1-4-5-6-7-8-9-10-11-12-13-14-15-19-23-32(30(2)42-3)36-34(40)44-26-20-24-37-28-33(39)38(35(37)41)25-27-43-29-31-21-17-16-18-22-31/h16-18,21-22,30,32H,4-15,19-20,23-29H2,1-3H3,(H,36,40). The van der Waals surface area contributed by atoms with Crippen molar-refractivity contribution >= 4 is 18.0 Å². The lowest BCUT2D eigenvalue weighted by Crippen LogP contribution is -2.43. The van der Waals surface area contributed by atoms with Crippen molar-refractivity contribution in [2.24, 2.45) is 0 Å². The van der Waals surface area contributed by atoms with E-state index in [1.54, 1.807) is 7.11 Å². The van der Waals surface area contributed by atoms with Gasteiger partial charge in [0.05, 0.1) is 38.5 Å². The van der Waals surface area contributed by atoms with Crippen molar-refractivity contribution in [2.75, 3.05) is 40.0 Å². The van der Waals surface area contributed by atoms with Crippen molar-refractivity contribution in [1.29, 1.82) is 0 Å². The third kappa shape index (κ3) is 15.9. The van der Waals surface area contributed by atoms with Gasteiger partial charge in [0, 0.05) is 13.7 Å². The lowest BCUT2D eigenvalue weighted by atomic mass is 10.0. The topological polar surface area (TPSA) is 97.4 Å². The molecule has 0 aliphatic carbocycles. The molecular weight excluding hydrogens is 558 g/mol. The van der Waals surface area contributed by atoms with Gasteiger partial charge in [-0.3, -0.25) is 9.69 Å². The van der Waals surface area contributed by atoms with E-state index in [2.05, 4.69) is 12.2 Å². The molecule has 1 aliphatic heterocycles. The minimum absolute atomic E-state index is 0.0380. The van der Waals surface area contributed by atoms with Crippen LogP contribution in [-0.4, -0.2) is 79.9 Å². The molecule has 44 heavy (non-hydrogen) atoms. The Bertz CT molecular complexity index is 915. The minimum Gasteiger partial charge on any atom is -0.449 e. The number of hydrogen-bond acceptors (Lipinski definition) is 6. The Labute approximate surface area is 266 Å². The van der Waals surface area contributed by atoms with Crippen LogP contribution in [0, 0.1) is 0 Å². The molecule has 0 radical (unpaired) electrons. The van der Waals surface area contributed by atoms with Gasteiger partial charge in [-0.2, -0.15) is 0 Å². The van der Waals surface area contributed by atoms with E-state index in [-0.39, 0.29) is 50.4 Å². The van der Waals surface area contributed by atoms with E-state index in [9.17, 15) is 14.4 Å². The number of ether oxygens (including phenoxy) is 3. The first kappa shape index (κ1) is 37.5. The number of carbonyl (C=O) groups is 3. The zero-order chi connectivity index (χ0) is 31.8. The van der Waals surface area contributed by atoms with Crippen molar-refractivity contribution in [3.63, 3.8) is 0 Å². The molecule has 1 aromatic carbocycles. The summed E-state index contributed by atoms with van der Waals surface area (Å²) in [7, 11) is 1.65. The van der Waals surface area contributed by atoms with Crippen LogP contribution in [0.15, 0.2) is 30.3 Å². The summed E-state index contributed by atoms with van der Waals surface area (Å²) in [6.45, 7) is 5.70. The monoisotopic (exact) mass is 617 g/mol. The smallest absolute Gasteiger partial charge is 0.407 e. The highest BCUT2D eigenvalue weighted by molar-refractivity contribution is 6.01. The van der Waals surface area contributed by atoms with Gasteiger partial charge in [-0.05, 0) is 25.3 Å². The summed E-state index contributed by atoms with van der Waals surface area (Å²) in [5, 5.41) is 2.96. The molecule has 0 saturated carbocycles.